The topological polar surface area (TPSA) is 69.2 Å². The molecule has 1 aliphatic rings. The van der Waals surface area contributed by atoms with Crippen molar-refractivity contribution in [3.8, 4) is 0 Å². The minimum atomic E-state index is -4.56. The lowest BCUT2D eigenvalue weighted by atomic mass is 10.0. The number of carbonyl (C=O) groups is 1. The van der Waals surface area contributed by atoms with E-state index in [4.69, 9.17) is 0 Å². The third-order valence-electron chi connectivity index (χ3n) is 3.11. The highest BCUT2D eigenvalue weighted by molar-refractivity contribution is 5.63. The van der Waals surface area contributed by atoms with Crippen molar-refractivity contribution in [2.45, 2.75) is 38.9 Å². The van der Waals surface area contributed by atoms with Gasteiger partial charge in [0, 0.05) is 18.5 Å². The van der Waals surface area contributed by atoms with E-state index >= 15 is 0 Å². The van der Waals surface area contributed by atoms with Gasteiger partial charge >= 0.3 is 6.18 Å². The van der Waals surface area contributed by atoms with Crippen molar-refractivity contribution in [1.82, 2.24) is 14.9 Å². The normalized spacial score (nSPS) is 15.1. The molecule has 0 radical (unpaired) electrons. The van der Waals surface area contributed by atoms with Crippen LogP contribution in [-0.4, -0.2) is 27.5 Å². The lowest BCUT2D eigenvalue weighted by molar-refractivity contribution is -0.266. The highest BCUT2D eigenvalue weighted by atomic mass is 19.4. The van der Waals surface area contributed by atoms with Gasteiger partial charge in [0.2, 0.25) is 0 Å². The maximum atomic E-state index is 13.0. The molecule has 0 aliphatic carbocycles. The molecule has 8 heteroatoms. The van der Waals surface area contributed by atoms with Gasteiger partial charge in [-0.2, -0.15) is 13.2 Å². The van der Waals surface area contributed by atoms with Gasteiger partial charge in [-0.05, 0) is 12.8 Å². The van der Waals surface area contributed by atoms with Crippen molar-refractivity contribution in [3.63, 3.8) is 0 Å². The summed E-state index contributed by atoms with van der Waals surface area (Å²) in [5.74, 6) is 0.0961. The van der Waals surface area contributed by atoms with Gasteiger partial charge in [0.05, 0.1) is 12.2 Å². The summed E-state index contributed by atoms with van der Waals surface area (Å²) in [4.78, 5) is 19.4. The smallest absolute Gasteiger partial charge is 0.433 e. The Morgan fingerprint density at radius 2 is 2.10 bits per heavy atom. The number of nitrogens with zero attached hydrogens (tertiary/aromatic N) is 3. The van der Waals surface area contributed by atoms with Gasteiger partial charge in [-0.1, -0.05) is 6.92 Å². The average molecular weight is 288 g/mol. The van der Waals surface area contributed by atoms with Crippen molar-refractivity contribution in [1.29, 1.82) is 0 Å². The van der Waals surface area contributed by atoms with Gasteiger partial charge in [0.25, 0.3) is 0 Å². The van der Waals surface area contributed by atoms with Crippen LogP contribution in [0.1, 0.15) is 36.1 Å². The van der Waals surface area contributed by atoms with Crippen LogP contribution in [0.15, 0.2) is 0 Å². The lowest BCUT2D eigenvalue weighted by Gasteiger charge is -2.31. The van der Waals surface area contributed by atoms with Crippen LogP contribution in [-0.2, 0) is 25.6 Å². The molecule has 0 atom stereocenters. The minimum Gasteiger partial charge on any atom is -0.530 e. The van der Waals surface area contributed by atoms with Crippen molar-refractivity contribution in [3.05, 3.63) is 22.8 Å². The maximum absolute atomic E-state index is 13.0. The summed E-state index contributed by atoms with van der Waals surface area (Å²) in [6.07, 6.45) is -5.08. The van der Waals surface area contributed by atoms with Gasteiger partial charge in [-0.3, -0.25) is 0 Å². The van der Waals surface area contributed by atoms with E-state index in [-0.39, 0.29) is 36.6 Å². The second-order valence-electron chi connectivity index (χ2n) is 4.60. The minimum absolute atomic E-state index is 0.00477. The Balaban J connectivity index is 2.47. The molecule has 1 aromatic heterocycles. The number of carboxylic acid groups (broad SMARTS) is 1. The molecule has 0 aromatic carbocycles. The first-order valence-corrected chi connectivity index (χ1v) is 6.24. The van der Waals surface area contributed by atoms with Crippen LogP contribution in [0, 0.1) is 0 Å². The summed E-state index contributed by atoms with van der Waals surface area (Å²) in [5, 5.41) is 10.8. The van der Waals surface area contributed by atoms with E-state index in [1.165, 1.54) is 0 Å². The van der Waals surface area contributed by atoms with Gasteiger partial charge in [-0.15, -0.1) is 0 Å². The zero-order valence-corrected chi connectivity index (χ0v) is 10.8. The summed E-state index contributed by atoms with van der Waals surface area (Å²) >= 11 is 0. The van der Waals surface area contributed by atoms with E-state index in [1.54, 1.807) is 0 Å². The fourth-order valence-corrected chi connectivity index (χ4v) is 2.21. The van der Waals surface area contributed by atoms with Crippen molar-refractivity contribution >= 4 is 6.09 Å². The highest BCUT2D eigenvalue weighted by Crippen LogP contribution is 2.33. The fourth-order valence-electron chi connectivity index (χ4n) is 2.21. The summed E-state index contributed by atoms with van der Waals surface area (Å²) in [6.45, 7) is 1.60. The first-order chi connectivity index (χ1) is 9.32. The SMILES string of the molecule is CCCc1nc2c(c(C(F)(F)F)n1)CCN(C(=O)[O-])C2. The molecule has 0 unspecified atom stereocenters. The summed E-state index contributed by atoms with van der Waals surface area (Å²) in [7, 11) is 0. The predicted molar refractivity (Wildman–Crippen MR) is 60.5 cm³/mol. The van der Waals surface area contributed by atoms with Gasteiger partial charge in [0.1, 0.15) is 11.9 Å². The van der Waals surface area contributed by atoms with Crippen molar-refractivity contribution < 1.29 is 23.1 Å². The number of alkyl halides is 3. The van der Waals surface area contributed by atoms with E-state index in [0.29, 0.717) is 12.8 Å². The molecule has 1 aromatic rings. The van der Waals surface area contributed by atoms with E-state index in [9.17, 15) is 23.1 Å². The standard InChI is InChI=1S/C12H14F3N3O2/c1-2-3-9-16-8-6-18(11(19)20)5-4-7(8)10(17-9)12(13,14)15/h2-6H2,1H3,(H,19,20)/p-1. The Morgan fingerprint density at radius 1 is 1.40 bits per heavy atom. The number of amides is 1. The molecular formula is C12H13F3N3O2-. The zero-order valence-electron chi connectivity index (χ0n) is 10.8. The number of halogens is 3. The Hall–Kier alpha value is -1.86. The number of hydrogen-bond acceptors (Lipinski definition) is 4. The van der Waals surface area contributed by atoms with E-state index in [0.717, 1.165) is 4.90 Å². The first kappa shape index (κ1) is 14.5. The monoisotopic (exact) mass is 288 g/mol. The molecule has 1 aliphatic heterocycles. The molecular weight excluding hydrogens is 275 g/mol. The number of aryl methyl sites for hydroxylation is 1. The van der Waals surface area contributed by atoms with Crippen LogP contribution < -0.4 is 5.11 Å². The number of rotatable bonds is 2. The molecule has 5 nitrogen and oxygen atoms in total. The molecule has 0 N–H and O–H groups in total. The van der Waals surface area contributed by atoms with Crippen LogP contribution >= 0.6 is 0 Å². The fraction of sp³-hybridized carbons (Fsp3) is 0.583. The zero-order chi connectivity index (χ0) is 14.9. The summed E-state index contributed by atoms with van der Waals surface area (Å²) in [5.41, 5.74) is -0.815. The lowest BCUT2D eigenvalue weighted by Crippen LogP contribution is -2.44. The average Bonchev–Trinajstić information content (AvgIpc) is 2.36. The Labute approximate surface area is 113 Å². The van der Waals surface area contributed by atoms with Crippen LogP contribution in [0.4, 0.5) is 18.0 Å². The first-order valence-electron chi connectivity index (χ1n) is 6.24. The molecule has 1 amide bonds. The highest BCUT2D eigenvalue weighted by Gasteiger charge is 2.38. The summed E-state index contributed by atoms with van der Waals surface area (Å²) < 4.78 is 39.1. The quantitative estimate of drug-likeness (QED) is 0.818. The van der Waals surface area contributed by atoms with E-state index in [2.05, 4.69) is 9.97 Å². The Bertz CT molecular complexity index is 531. The van der Waals surface area contributed by atoms with Gasteiger partial charge < -0.3 is 14.8 Å². The van der Waals surface area contributed by atoms with Crippen LogP contribution in [0.5, 0.6) is 0 Å². The van der Waals surface area contributed by atoms with Crippen LogP contribution in [0.25, 0.3) is 0 Å². The molecule has 110 valence electrons. The molecule has 0 saturated heterocycles. The summed E-state index contributed by atoms with van der Waals surface area (Å²) in [6, 6.07) is 0. The molecule has 0 saturated carbocycles. The van der Waals surface area contributed by atoms with Crippen molar-refractivity contribution in [2.24, 2.45) is 0 Å². The Kier molecular flexibility index (Phi) is 3.82. The van der Waals surface area contributed by atoms with Crippen LogP contribution in [0.2, 0.25) is 0 Å². The third-order valence-corrected chi connectivity index (χ3v) is 3.11. The number of hydrogen-bond donors (Lipinski definition) is 0. The van der Waals surface area contributed by atoms with Gasteiger partial charge in [-0.25, -0.2) is 9.97 Å². The number of aromatic nitrogens is 2. The predicted octanol–water partition coefficient (Wildman–Crippen LogP) is 1.15. The third kappa shape index (κ3) is 2.83. The number of fused-ring (bicyclic) bond motifs is 1. The largest absolute Gasteiger partial charge is 0.530 e. The maximum Gasteiger partial charge on any atom is 0.433 e. The molecule has 0 bridgehead atoms. The van der Waals surface area contributed by atoms with Gasteiger partial charge in [0.15, 0.2) is 5.69 Å². The van der Waals surface area contributed by atoms with Crippen molar-refractivity contribution in [2.75, 3.05) is 6.54 Å². The molecule has 2 heterocycles. The molecule has 0 spiro atoms. The number of carbonyl (C=O) groups excluding carboxylic acids is 1. The van der Waals surface area contributed by atoms with E-state index in [1.807, 2.05) is 6.92 Å². The Morgan fingerprint density at radius 3 is 2.65 bits per heavy atom. The van der Waals surface area contributed by atoms with Crippen LogP contribution in [0.3, 0.4) is 0 Å². The second-order valence-corrected chi connectivity index (χ2v) is 4.60. The molecule has 20 heavy (non-hydrogen) atoms. The molecule has 2 rings (SSSR count). The molecule has 0 fully saturated rings. The van der Waals surface area contributed by atoms with E-state index < -0.39 is 18.0 Å². The second kappa shape index (κ2) is 5.26.